The molecule has 5 heteroatoms. The van der Waals surface area contributed by atoms with Crippen LogP contribution in [0.5, 0.6) is 0 Å². The van der Waals surface area contributed by atoms with Crippen LogP contribution in [0, 0.1) is 0 Å². The molecular formula is C9H15N3O2. The Kier molecular flexibility index (Phi) is 3.64. The maximum absolute atomic E-state index is 11.4. The fraction of sp³-hybridized carbons (Fsp3) is 0.556. The van der Waals surface area contributed by atoms with Gasteiger partial charge in [0.2, 0.25) is 0 Å². The molecule has 0 amide bonds. The number of esters is 1. The van der Waals surface area contributed by atoms with Gasteiger partial charge in [0.05, 0.1) is 6.61 Å². The molecule has 14 heavy (non-hydrogen) atoms. The molecular weight excluding hydrogens is 182 g/mol. The third-order valence-corrected chi connectivity index (χ3v) is 1.74. The second-order valence-corrected chi connectivity index (χ2v) is 2.93. The van der Waals surface area contributed by atoms with Gasteiger partial charge < -0.3 is 10.1 Å². The third kappa shape index (κ3) is 2.32. The van der Waals surface area contributed by atoms with E-state index in [1.807, 2.05) is 13.2 Å². The molecule has 0 spiro atoms. The lowest BCUT2D eigenvalue weighted by Gasteiger charge is -2.00. The van der Waals surface area contributed by atoms with Crippen molar-refractivity contribution in [2.24, 2.45) is 7.05 Å². The van der Waals surface area contributed by atoms with Gasteiger partial charge in [-0.05, 0) is 14.0 Å². The number of rotatable bonds is 4. The van der Waals surface area contributed by atoms with Crippen molar-refractivity contribution in [3.63, 3.8) is 0 Å². The van der Waals surface area contributed by atoms with Gasteiger partial charge in [-0.15, -0.1) is 0 Å². The number of aromatic nitrogens is 2. The fourth-order valence-electron chi connectivity index (χ4n) is 1.23. The molecule has 0 aliphatic heterocycles. The summed E-state index contributed by atoms with van der Waals surface area (Å²) >= 11 is 0. The molecule has 1 aromatic rings. The molecule has 0 bridgehead atoms. The fourth-order valence-corrected chi connectivity index (χ4v) is 1.23. The summed E-state index contributed by atoms with van der Waals surface area (Å²) in [5.41, 5.74) is 1.25. The molecule has 0 aliphatic rings. The Bertz CT molecular complexity index is 320. The molecule has 78 valence electrons. The number of carbonyl (C=O) groups excluding carboxylic acids is 1. The Morgan fingerprint density at radius 3 is 3.00 bits per heavy atom. The molecule has 0 saturated heterocycles. The zero-order valence-corrected chi connectivity index (χ0v) is 8.70. The molecule has 0 saturated carbocycles. The number of hydrogen-bond acceptors (Lipinski definition) is 4. The van der Waals surface area contributed by atoms with Crippen LogP contribution in [0.3, 0.4) is 0 Å². The lowest BCUT2D eigenvalue weighted by Crippen LogP contribution is -2.12. The molecule has 0 fully saturated rings. The number of aryl methyl sites for hydroxylation is 1. The standard InChI is InChI=1S/C9H15N3O2/c1-4-14-9(13)8-7(5-10-2)6-12(3)11-8/h6,10H,4-5H2,1-3H3. The molecule has 1 heterocycles. The van der Waals surface area contributed by atoms with Crippen LogP contribution in [0.15, 0.2) is 6.20 Å². The number of ether oxygens (including phenoxy) is 1. The first kappa shape index (κ1) is 10.7. The van der Waals surface area contributed by atoms with Crippen LogP contribution in [-0.4, -0.2) is 29.4 Å². The topological polar surface area (TPSA) is 56.1 Å². The van der Waals surface area contributed by atoms with Gasteiger partial charge in [0.25, 0.3) is 0 Å². The summed E-state index contributed by atoms with van der Waals surface area (Å²) in [6, 6.07) is 0. The highest BCUT2D eigenvalue weighted by Gasteiger charge is 2.15. The van der Waals surface area contributed by atoms with Crippen molar-refractivity contribution in [3.05, 3.63) is 17.5 Å². The molecule has 0 aliphatic carbocycles. The first-order valence-electron chi connectivity index (χ1n) is 4.53. The summed E-state index contributed by atoms with van der Waals surface area (Å²) in [6.45, 7) is 2.76. The maximum Gasteiger partial charge on any atom is 0.359 e. The quantitative estimate of drug-likeness (QED) is 0.706. The van der Waals surface area contributed by atoms with Gasteiger partial charge in [-0.2, -0.15) is 5.10 Å². The lowest BCUT2D eigenvalue weighted by molar-refractivity contribution is 0.0517. The first-order valence-corrected chi connectivity index (χ1v) is 4.53. The minimum absolute atomic E-state index is 0.363. The summed E-state index contributed by atoms with van der Waals surface area (Å²) in [6.07, 6.45) is 1.81. The summed E-state index contributed by atoms with van der Waals surface area (Å²) in [5.74, 6) is -0.363. The van der Waals surface area contributed by atoms with Crippen molar-refractivity contribution in [3.8, 4) is 0 Å². The molecule has 5 nitrogen and oxygen atoms in total. The number of hydrogen-bond donors (Lipinski definition) is 1. The molecule has 0 unspecified atom stereocenters. The van der Waals surface area contributed by atoms with Gasteiger partial charge >= 0.3 is 5.97 Å². The van der Waals surface area contributed by atoms with Crippen LogP contribution in [0.1, 0.15) is 23.0 Å². The summed E-state index contributed by atoms with van der Waals surface area (Å²) < 4.78 is 6.50. The minimum Gasteiger partial charge on any atom is -0.461 e. The predicted octanol–water partition coefficient (Wildman–Crippen LogP) is 0.316. The average Bonchev–Trinajstić information content (AvgIpc) is 2.48. The van der Waals surface area contributed by atoms with Crippen molar-refractivity contribution in [2.75, 3.05) is 13.7 Å². The van der Waals surface area contributed by atoms with E-state index in [2.05, 4.69) is 10.4 Å². The third-order valence-electron chi connectivity index (χ3n) is 1.74. The van der Waals surface area contributed by atoms with Crippen molar-refractivity contribution in [2.45, 2.75) is 13.5 Å². The summed E-state index contributed by atoms with van der Waals surface area (Å²) in [4.78, 5) is 11.4. The molecule has 1 aromatic heterocycles. The van der Waals surface area contributed by atoms with E-state index in [1.54, 1.807) is 18.7 Å². The van der Waals surface area contributed by atoms with Crippen LogP contribution in [-0.2, 0) is 18.3 Å². The van der Waals surface area contributed by atoms with E-state index in [1.165, 1.54) is 0 Å². The summed E-state index contributed by atoms with van der Waals surface area (Å²) in [7, 11) is 3.60. The van der Waals surface area contributed by atoms with E-state index < -0.39 is 0 Å². The highest BCUT2D eigenvalue weighted by Crippen LogP contribution is 2.07. The van der Waals surface area contributed by atoms with Crippen LogP contribution in [0.25, 0.3) is 0 Å². The van der Waals surface area contributed by atoms with Crippen LogP contribution >= 0.6 is 0 Å². The van der Waals surface area contributed by atoms with Crippen LogP contribution < -0.4 is 5.32 Å². The van der Waals surface area contributed by atoms with Crippen molar-refractivity contribution in [1.29, 1.82) is 0 Å². The predicted molar refractivity (Wildman–Crippen MR) is 51.9 cm³/mol. The zero-order chi connectivity index (χ0) is 10.6. The molecule has 0 radical (unpaired) electrons. The molecule has 0 aromatic carbocycles. The Labute approximate surface area is 83.1 Å². The molecule has 1 rings (SSSR count). The van der Waals surface area contributed by atoms with Crippen LogP contribution in [0.4, 0.5) is 0 Å². The highest BCUT2D eigenvalue weighted by molar-refractivity contribution is 5.88. The normalized spacial score (nSPS) is 10.2. The van der Waals surface area contributed by atoms with Gasteiger partial charge in [-0.3, -0.25) is 4.68 Å². The molecule has 0 atom stereocenters. The maximum atomic E-state index is 11.4. The van der Waals surface area contributed by atoms with E-state index in [9.17, 15) is 4.79 Å². The number of carbonyl (C=O) groups is 1. The van der Waals surface area contributed by atoms with Gasteiger partial charge in [0, 0.05) is 25.4 Å². The van der Waals surface area contributed by atoms with E-state index in [0.717, 1.165) is 5.56 Å². The first-order chi connectivity index (χ1) is 6.69. The van der Waals surface area contributed by atoms with Gasteiger partial charge in [0.15, 0.2) is 5.69 Å². The van der Waals surface area contributed by atoms with Gasteiger partial charge in [-0.25, -0.2) is 4.79 Å². The lowest BCUT2D eigenvalue weighted by atomic mass is 10.2. The van der Waals surface area contributed by atoms with Crippen molar-refractivity contribution >= 4 is 5.97 Å². The van der Waals surface area contributed by atoms with Crippen molar-refractivity contribution in [1.82, 2.24) is 15.1 Å². The average molecular weight is 197 g/mol. The monoisotopic (exact) mass is 197 g/mol. The van der Waals surface area contributed by atoms with E-state index >= 15 is 0 Å². The SMILES string of the molecule is CCOC(=O)c1nn(C)cc1CNC. The second kappa shape index (κ2) is 4.76. The highest BCUT2D eigenvalue weighted by atomic mass is 16.5. The number of nitrogens with one attached hydrogen (secondary N) is 1. The summed E-state index contributed by atoms with van der Waals surface area (Å²) in [5, 5.41) is 7.02. The van der Waals surface area contributed by atoms with E-state index in [4.69, 9.17) is 4.74 Å². The number of nitrogens with zero attached hydrogens (tertiary/aromatic N) is 2. The Balaban J connectivity index is 2.88. The van der Waals surface area contributed by atoms with Gasteiger partial charge in [-0.1, -0.05) is 0 Å². The Morgan fingerprint density at radius 2 is 2.43 bits per heavy atom. The minimum atomic E-state index is -0.363. The van der Waals surface area contributed by atoms with E-state index in [0.29, 0.717) is 18.8 Å². The van der Waals surface area contributed by atoms with Gasteiger partial charge in [0.1, 0.15) is 0 Å². The molecule has 1 N–H and O–H groups in total. The smallest absolute Gasteiger partial charge is 0.359 e. The van der Waals surface area contributed by atoms with Crippen LogP contribution in [0.2, 0.25) is 0 Å². The van der Waals surface area contributed by atoms with E-state index in [-0.39, 0.29) is 5.97 Å². The second-order valence-electron chi connectivity index (χ2n) is 2.93. The zero-order valence-electron chi connectivity index (χ0n) is 8.70. The van der Waals surface area contributed by atoms with Crippen molar-refractivity contribution < 1.29 is 9.53 Å². The largest absolute Gasteiger partial charge is 0.461 e. The Morgan fingerprint density at radius 1 is 1.71 bits per heavy atom. The Hall–Kier alpha value is -1.36.